The maximum atomic E-state index is 10.0. The molecule has 0 bridgehead atoms. The van der Waals surface area contributed by atoms with Crippen molar-refractivity contribution in [2.75, 3.05) is 0 Å². The van der Waals surface area contributed by atoms with Crippen molar-refractivity contribution in [3.05, 3.63) is 12.7 Å². The first-order valence-corrected chi connectivity index (χ1v) is 2.94. The summed E-state index contributed by atoms with van der Waals surface area (Å²) in [6.07, 6.45) is 1.43. The van der Waals surface area contributed by atoms with Crippen LogP contribution in [0, 0.1) is 0 Å². The van der Waals surface area contributed by atoms with Crippen LogP contribution in [0.3, 0.4) is 0 Å². The summed E-state index contributed by atoms with van der Waals surface area (Å²) in [6, 6.07) is 0. The standard InChI is InChI=1S/C4H4BrClO/c1-2-3(5)4(6)7/h2-3H,1H2. The monoisotopic (exact) mass is 182 g/mol. The van der Waals surface area contributed by atoms with Crippen LogP contribution < -0.4 is 0 Å². The average molecular weight is 183 g/mol. The van der Waals surface area contributed by atoms with Crippen LogP contribution in [0.4, 0.5) is 0 Å². The minimum absolute atomic E-state index is 0.394. The van der Waals surface area contributed by atoms with Crippen molar-refractivity contribution < 1.29 is 4.79 Å². The third kappa shape index (κ3) is 2.83. The summed E-state index contributed by atoms with van der Waals surface area (Å²) in [5.41, 5.74) is 0. The number of halogens is 2. The first kappa shape index (κ1) is 7.18. The summed E-state index contributed by atoms with van der Waals surface area (Å²) < 4.78 is 0. The maximum Gasteiger partial charge on any atom is 0.239 e. The van der Waals surface area contributed by atoms with Crippen molar-refractivity contribution in [3.8, 4) is 0 Å². The summed E-state index contributed by atoms with van der Waals surface area (Å²) >= 11 is 7.91. The Labute approximate surface area is 55.5 Å². The fourth-order valence-electron chi connectivity index (χ4n) is 0.0927. The van der Waals surface area contributed by atoms with Gasteiger partial charge in [-0.2, -0.15) is 0 Å². The van der Waals surface area contributed by atoms with E-state index in [2.05, 4.69) is 22.5 Å². The lowest BCUT2D eigenvalue weighted by Gasteiger charge is -1.88. The molecule has 0 radical (unpaired) electrons. The molecule has 0 aliphatic rings. The van der Waals surface area contributed by atoms with Crippen molar-refractivity contribution in [3.63, 3.8) is 0 Å². The predicted octanol–water partition coefficient (Wildman–Crippen LogP) is 1.70. The van der Waals surface area contributed by atoms with Crippen LogP contribution in [0.5, 0.6) is 0 Å². The molecule has 0 aliphatic carbocycles. The van der Waals surface area contributed by atoms with Crippen LogP contribution in [-0.2, 0) is 4.79 Å². The van der Waals surface area contributed by atoms with E-state index in [-0.39, 0.29) is 0 Å². The molecule has 0 N–H and O–H groups in total. The highest BCUT2D eigenvalue weighted by Gasteiger charge is 2.03. The molecule has 0 aliphatic heterocycles. The second-order valence-electron chi connectivity index (χ2n) is 0.942. The average Bonchev–Trinajstić information content (AvgIpc) is 1.65. The Morgan fingerprint density at radius 2 is 2.43 bits per heavy atom. The van der Waals surface area contributed by atoms with Crippen molar-refractivity contribution in [2.24, 2.45) is 0 Å². The van der Waals surface area contributed by atoms with E-state index < -0.39 is 10.1 Å². The van der Waals surface area contributed by atoms with E-state index >= 15 is 0 Å². The van der Waals surface area contributed by atoms with Crippen LogP contribution in [0.15, 0.2) is 12.7 Å². The Morgan fingerprint density at radius 1 is 2.00 bits per heavy atom. The lowest BCUT2D eigenvalue weighted by atomic mass is 10.5. The van der Waals surface area contributed by atoms with Gasteiger partial charge >= 0.3 is 0 Å². The van der Waals surface area contributed by atoms with E-state index in [1.807, 2.05) is 0 Å². The van der Waals surface area contributed by atoms with Crippen molar-refractivity contribution >= 4 is 32.8 Å². The SMILES string of the molecule is C=CC(Br)C(=O)Cl. The van der Waals surface area contributed by atoms with E-state index in [1.54, 1.807) is 0 Å². The smallest absolute Gasteiger partial charge is 0.239 e. The molecule has 40 valence electrons. The number of allylic oxidation sites excluding steroid dienone is 1. The van der Waals surface area contributed by atoms with Crippen molar-refractivity contribution in [1.82, 2.24) is 0 Å². The van der Waals surface area contributed by atoms with Gasteiger partial charge in [-0.05, 0) is 11.6 Å². The molecule has 0 spiro atoms. The molecule has 0 heterocycles. The van der Waals surface area contributed by atoms with Gasteiger partial charge in [-0.15, -0.1) is 6.58 Å². The van der Waals surface area contributed by atoms with Crippen LogP contribution in [-0.4, -0.2) is 10.1 Å². The molecule has 0 aromatic heterocycles. The molecule has 1 atom stereocenters. The first-order valence-electron chi connectivity index (χ1n) is 1.64. The van der Waals surface area contributed by atoms with E-state index in [1.165, 1.54) is 6.08 Å². The van der Waals surface area contributed by atoms with E-state index in [0.29, 0.717) is 0 Å². The first-order chi connectivity index (χ1) is 3.18. The van der Waals surface area contributed by atoms with E-state index in [0.717, 1.165) is 0 Å². The zero-order valence-corrected chi connectivity index (χ0v) is 5.87. The second kappa shape index (κ2) is 3.22. The van der Waals surface area contributed by atoms with Gasteiger partial charge in [0.15, 0.2) is 0 Å². The number of alkyl halides is 1. The van der Waals surface area contributed by atoms with Crippen LogP contribution in [0.25, 0.3) is 0 Å². The van der Waals surface area contributed by atoms with Crippen molar-refractivity contribution in [1.29, 1.82) is 0 Å². The molecule has 0 fully saturated rings. The quantitative estimate of drug-likeness (QED) is 0.362. The molecule has 1 unspecified atom stereocenters. The Balaban J connectivity index is 3.55. The van der Waals surface area contributed by atoms with Gasteiger partial charge < -0.3 is 0 Å². The topological polar surface area (TPSA) is 17.1 Å². The number of carbonyl (C=O) groups is 1. The molecule has 3 heteroatoms. The van der Waals surface area contributed by atoms with Gasteiger partial charge in [0, 0.05) is 0 Å². The van der Waals surface area contributed by atoms with E-state index in [4.69, 9.17) is 11.6 Å². The molecule has 0 amide bonds. The largest absolute Gasteiger partial charge is 0.280 e. The third-order valence-electron chi connectivity index (χ3n) is 0.424. The van der Waals surface area contributed by atoms with E-state index in [9.17, 15) is 4.79 Å². The number of rotatable bonds is 2. The zero-order valence-electron chi connectivity index (χ0n) is 3.53. The normalized spacial score (nSPS) is 12.9. The lowest BCUT2D eigenvalue weighted by molar-refractivity contribution is -0.110. The van der Waals surface area contributed by atoms with Gasteiger partial charge in [0.25, 0.3) is 0 Å². The molecular weight excluding hydrogens is 179 g/mol. The van der Waals surface area contributed by atoms with Crippen LogP contribution in [0.2, 0.25) is 0 Å². The van der Waals surface area contributed by atoms with Gasteiger partial charge in [0.05, 0.1) is 0 Å². The zero-order chi connectivity index (χ0) is 5.86. The fourth-order valence-corrected chi connectivity index (χ4v) is 0.182. The Hall–Kier alpha value is 0.180. The predicted molar refractivity (Wildman–Crippen MR) is 33.8 cm³/mol. The van der Waals surface area contributed by atoms with Gasteiger partial charge in [-0.3, -0.25) is 4.79 Å². The molecule has 0 saturated heterocycles. The third-order valence-corrected chi connectivity index (χ3v) is 1.71. The molecule has 1 nitrogen and oxygen atoms in total. The van der Waals surface area contributed by atoms with Gasteiger partial charge in [0.1, 0.15) is 4.83 Å². The summed E-state index contributed by atoms with van der Waals surface area (Å²) in [6.45, 7) is 3.33. The van der Waals surface area contributed by atoms with Crippen LogP contribution in [0.1, 0.15) is 0 Å². The summed E-state index contributed by atoms with van der Waals surface area (Å²) in [7, 11) is 0. The lowest BCUT2D eigenvalue weighted by Crippen LogP contribution is -2.00. The van der Waals surface area contributed by atoms with Crippen LogP contribution >= 0.6 is 27.5 Å². The fraction of sp³-hybridized carbons (Fsp3) is 0.250. The van der Waals surface area contributed by atoms with Crippen molar-refractivity contribution in [2.45, 2.75) is 4.83 Å². The second-order valence-corrected chi connectivity index (χ2v) is 2.30. The minimum atomic E-state index is -0.435. The molecule has 0 aromatic rings. The molecule has 0 saturated carbocycles. The van der Waals surface area contributed by atoms with Gasteiger partial charge in [-0.25, -0.2) is 0 Å². The highest BCUT2D eigenvalue weighted by atomic mass is 79.9. The van der Waals surface area contributed by atoms with Gasteiger partial charge in [-0.1, -0.05) is 22.0 Å². The van der Waals surface area contributed by atoms with Gasteiger partial charge in [0.2, 0.25) is 5.24 Å². The molecular formula is C4H4BrClO. The summed E-state index contributed by atoms with van der Waals surface area (Å²) in [5, 5.41) is -0.435. The molecule has 0 rings (SSSR count). The Bertz CT molecular complexity index is 91.7. The number of hydrogen-bond acceptors (Lipinski definition) is 1. The number of hydrogen-bond donors (Lipinski definition) is 0. The number of carbonyl (C=O) groups excluding carboxylic acids is 1. The summed E-state index contributed by atoms with van der Waals surface area (Å²) in [5.74, 6) is 0. The highest BCUT2D eigenvalue weighted by Crippen LogP contribution is 2.03. The Morgan fingerprint density at radius 3 is 2.43 bits per heavy atom. The highest BCUT2D eigenvalue weighted by molar-refractivity contribution is 9.10. The summed E-state index contributed by atoms with van der Waals surface area (Å²) in [4.78, 5) is 9.63. The molecule has 7 heavy (non-hydrogen) atoms. The maximum absolute atomic E-state index is 10.0. The minimum Gasteiger partial charge on any atom is -0.280 e. The Kier molecular flexibility index (Phi) is 3.30. The molecule has 0 aromatic carbocycles.